The zero-order chi connectivity index (χ0) is 12.7. The van der Waals surface area contributed by atoms with Crippen molar-refractivity contribution in [3.05, 3.63) is 40.4 Å². The van der Waals surface area contributed by atoms with Crippen LogP contribution in [0, 0.1) is 11.3 Å². The van der Waals surface area contributed by atoms with Gasteiger partial charge in [0.25, 0.3) is 0 Å². The highest BCUT2D eigenvalue weighted by Crippen LogP contribution is 2.17. The lowest BCUT2D eigenvalue weighted by Crippen LogP contribution is -2.20. The van der Waals surface area contributed by atoms with E-state index in [1.807, 2.05) is 24.3 Å². The second-order valence-electron chi connectivity index (χ2n) is 3.53. The van der Waals surface area contributed by atoms with E-state index in [1.165, 1.54) is 6.92 Å². The van der Waals surface area contributed by atoms with Crippen LogP contribution in [0.5, 0.6) is 0 Å². The first-order valence-corrected chi connectivity index (χ1v) is 5.62. The minimum atomic E-state index is -0.0279. The molecule has 0 heterocycles. The van der Waals surface area contributed by atoms with E-state index in [4.69, 9.17) is 16.9 Å². The Morgan fingerprint density at radius 2 is 2.35 bits per heavy atom. The third-order valence-corrected chi connectivity index (χ3v) is 2.42. The summed E-state index contributed by atoms with van der Waals surface area (Å²) in [7, 11) is 0. The molecular weight excluding hydrogens is 236 g/mol. The molecule has 0 aliphatic heterocycles. The molecule has 17 heavy (non-hydrogen) atoms. The van der Waals surface area contributed by atoms with Gasteiger partial charge in [0.05, 0.1) is 10.6 Å². The average Bonchev–Trinajstić information content (AvgIpc) is 2.28. The Hall–Kier alpha value is -1.79. The second-order valence-corrected chi connectivity index (χ2v) is 3.93. The molecule has 0 atom stereocenters. The number of hydrogen-bond donors (Lipinski definition) is 1. The van der Waals surface area contributed by atoms with Gasteiger partial charge in [-0.1, -0.05) is 29.8 Å². The maximum Gasteiger partial charge on any atom is 0.216 e. The van der Waals surface area contributed by atoms with Crippen molar-refractivity contribution in [1.29, 1.82) is 5.26 Å². The molecule has 4 heteroatoms. The summed E-state index contributed by atoms with van der Waals surface area (Å²) < 4.78 is 0. The van der Waals surface area contributed by atoms with Crippen LogP contribution in [0.2, 0.25) is 5.02 Å². The predicted molar refractivity (Wildman–Crippen MR) is 68.5 cm³/mol. The number of carbonyl (C=O) groups is 1. The monoisotopic (exact) mass is 248 g/mol. The fourth-order valence-corrected chi connectivity index (χ4v) is 1.51. The Kier molecular flexibility index (Phi) is 5.25. The average molecular weight is 249 g/mol. The number of nitrogens with one attached hydrogen (secondary N) is 1. The lowest BCUT2D eigenvalue weighted by Gasteiger charge is -1.98. The molecule has 1 amide bonds. The summed E-state index contributed by atoms with van der Waals surface area (Å²) >= 11 is 5.90. The van der Waals surface area contributed by atoms with E-state index in [0.29, 0.717) is 17.1 Å². The van der Waals surface area contributed by atoms with Crippen LogP contribution in [-0.2, 0) is 4.79 Å². The van der Waals surface area contributed by atoms with Crippen LogP contribution < -0.4 is 5.32 Å². The summed E-state index contributed by atoms with van der Waals surface area (Å²) in [6.45, 7) is 2.11. The van der Waals surface area contributed by atoms with Gasteiger partial charge < -0.3 is 5.32 Å². The predicted octanol–water partition coefficient (Wildman–Crippen LogP) is 2.75. The largest absolute Gasteiger partial charge is 0.356 e. The number of halogens is 1. The second kappa shape index (κ2) is 6.72. The van der Waals surface area contributed by atoms with E-state index in [1.54, 1.807) is 12.1 Å². The Morgan fingerprint density at radius 1 is 1.59 bits per heavy atom. The van der Waals surface area contributed by atoms with Gasteiger partial charge in [-0.05, 0) is 24.1 Å². The molecule has 0 fully saturated rings. The molecule has 0 radical (unpaired) electrons. The number of nitrogens with zero attached hydrogens (tertiary/aromatic N) is 1. The smallest absolute Gasteiger partial charge is 0.216 e. The van der Waals surface area contributed by atoms with Crippen molar-refractivity contribution >= 4 is 23.6 Å². The number of hydrogen-bond acceptors (Lipinski definition) is 2. The third-order valence-electron chi connectivity index (χ3n) is 2.11. The van der Waals surface area contributed by atoms with Crippen LogP contribution >= 0.6 is 11.6 Å². The van der Waals surface area contributed by atoms with E-state index < -0.39 is 0 Å². The summed E-state index contributed by atoms with van der Waals surface area (Å²) in [5, 5.41) is 11.9. The van der Waals surface area contributed by atoms with Crippen molar-refractivity contribution < 1.29 is 4.79 Å². The number of nitriles is 1. The lowest BCUT2D eigenvalue weighted by atomic mass is 10.1. The van der Waals surface area contributed by atoms with Crippen molar-refractivity contribution in [2.45, 2.75) is 13.3 Å². The van der Waals surface area contributed by atoms with Gasteiger partial charge in [-0.3, -0.25) is 4.79 Å². The Morgan fingerprint density at radius 3 is 2.94 bits per heavy atom. The molecule has 0 aromatic heterocycles. The van der Waals surface area contributed by atoms with Crippen LogP contribution in [0.3, 0.4) is 0 Å². The maximum atomic E-state index is 10.6. The van der Waals surface area contributed by atoms with Crippen LogP contribution in [0.15, 0.2) is 24.3 Å². The van der Waals surface area contributed by atoms with Gasteiger partial charge in [-0.25, -0.2) is 0 Å². The van der Waals surface area contributed by atoms with Gasteiger partial charge in [0, 0.05) is 13.5 Å². The molecule has 0 spiro atoms. The molecule has 1 aromatic carbocycles. The van der Waals surface area contributed by atoms with Crippen LogP contribution in [0.25, 0.3) is 6.08 Å². The lowest BCUT2D eigenvalue weighted by molar-refractivity contribution is -0.118. The molecule has 0 saturated carbocycles. The maximum absolute atomic E-state index is 10.6. The quantitative estimate of drug-likeness (QED) is 0.833. The summed E-state index contributed by atoms with van der Waals surface area (Å²) in [6.07, 6.45) is 4.62. The number of rotatable bonds is 4. The normalized spacial score (nSPS) is 10.2. The SMILES string of the molecule is CC(=O)NCCC=Cc1ccc(C#N)c(Cl)c1. The molecule has 1 N–H and O–H groups in total. The van der Waals surface area contributed by atoms with E-state index in [9.17, 15) is 4.79 Å². The summed E-state index contributed by atoms with van der Waals surface area (Å²) in [5.41, 5.74) is 1.42. The Bertz CT molecular complexity index is 475. The third kappa shape index (κ3) is 4.71. The van der Waals surface area contributed by atoms with Crippen molar-refractivity contribution in [3.8, 4) is 6.07 Å². The fourth-order valence-electron chi connectivity index (χ4n) is 1.28. The Labute approximate surface area is 106 Å². The minimum absolute atomic E-state index is 0.0279. The van der Waals surface area contributed by atoms with Crippen molar-refractivity contribution in [3.63, 3.8) is 0 Å². The highest BCUT2D eigenvalue weighted by Gasteiger charge is 1.98. The zero-order valence-electron chi connectivity index (χ0n) is 9.53. The van der Waals surface area contributed by atoms with E-state index in [0.717, 1.165) is 12.0 Å². The highest BCUT2D eigenvalue weighted by molar-refractivity contribution is 6.31. The van der Waals surface area contributed by atoms with E-state index >= 15 is 0 Å². The molecule has 3 nitrogen and oxygen atoms in total. The van der Waals surface area contributed by atoms with Crippen LogP contribution in [0.4, 0.5) is 0 Å². The first-order valence-electron chi connectivity index (χ1n) is 5.24. The van der Waals surface area contributed by atoms with Gasteiger partial charge in [0.15, 0.2) is 0 Å². The molecule has 0 bridgehead atoms. The molecule has 1 aromatic rings. The van der Waals surface area contributed by atoms with Gasteiger partial charge in [0.2, 0.25) is 5.91 Å². The topological polar surface area (TPSA) is 52.9 Å². The summed E-state index contributed by atoms with van der Waals surface area (Å²) in [5.74, 6) is -0.0279. The van der Waals surface area contributed by atoms with Crippen molar-refractivity contribution in [1.82, 2.24) is 5.32 Å². The molecule has 0 aliphatic rings. The number of benzene rings is 1. The highest BCUT2D eigenvalue weighted by atomic mass is 35.5. The first kappa shape index (κ1) is 13.3. The number of amides is 1. The molecule has 0 unspecified atom stereocenters. The van der Waals surface area contributed by atoms with Gasteiger partial charge >= 0.3 is 0 Å². The molecule has 0 saturated heterocycles. The molecular formula is C13H13ClN2O. The van der Waals surface area contributed by atoms with E-state index in [2.05, 4.69) is 5.32 Å². The van der Waals surface area contributed by atoms with Crippen LogP contribution in [-0.4, -0.2) is 12.5 Å². The van der Waals surface area contributed by atoms with Crippen LogP contribution in [0.1, 0.15) is 24.5 Å². The summed E-state index contributed by atoms with van der Waals surface area (Å²) in [4.78, 5) is 10.6. The molecule has 1 rings (SSSR count). The van der Waals surface area contributed by atoms with E-state index in [-0.39, 0.29) is 5.91 Å². The Balaban J connectivity index is 2.52. The number of carbonyl (C=O) groups excluding carboxylic acids is 1. The molecule has 0 aliphatic carbocycles. The molecule has 88 valence electrons. The minimum Gasteiger partial charge on any atom is -0.356 e. The van der Waals surface area contributed by atoms with Crippen molar-refractivity contribution in [2.24, 2.45) is 0 Å². The standard InChI is InChI=1S/C13H13ClN2O/c1-10(17)16-7-3-2-4-11-5-6-12(9-15)13(14)8-11/h2,4-6,8H,3,7H2,1H3,(H,16,17). The fraction of sp³-hybridized carbons (Fsp3) is 0.231. The summed E-state index contributed by atoms with van der Waals surface area (Å²) in [6, 6.07) is 7.28. The first-order chi connectivity index (χ1) is 8.13. The van der Waals surface area contributed by atoms with Crippen molar-refractivity contribution in [2.75, 3.05) is 6.54 Å². The van der Waals surface area contributed by atoms with Gasteiger partial charge in [-0.15, -0.1) is 0 Å². The van der Waals surface area contributed by atoms with Gasteiger partial charge in [-0.2, -0.15) is 5.26 Å². The zero-order valence-corrected chi connectivity index (χ0v) is 10.3. The van der Waals surface area contributed by atoms with Gasteiger partial charge in [0.1, 0.15) is 6.07 Å².